The molecule has 4 rings (SSSR count). The molecule has 1 N–H and O–H groups in total. The van der Waals surface area contributed by atoms with Crippen LogP contribution in [0.5, 0.6) is 0 Å². The summed E-state index contributed by atoms with van der Waals surface area (Å²) in [6.07, 6.45) is 11.6. The minimum absolute atomic E-state index is 0.284. The van der Waals surface area contributed by atoms with Crippen LogP contribution in [-0.2, 0) is 6.54 Å². The SMILES string of the molecule is CCC12C=CC(NCc3ccccc3)(CC1)CC2. The van der Waals surface area contributed by atoms with Crippen molar-refractivity contribution < 1.29 is 0 Å². The van der Waals surface area contributed by atoms with Crippen LogP contribution in [0.1, 0.15) is 44.6 Å². The van der Waals surface area contributed by atoms with Crippen molar-refractivity contribution in [1.82, 2.24) is 5.32 Å². The molecule has 1 fully saturated rings. The Morgan fingerprint density at radius 1 is 1.00 bits per heavy atom. The third-order valence-corrected chi connectivity index (χ3v) is 5.09. The minimum Gasteiger partial charge on any atom is -0.304 e. The summed E-state index contributed by atoms with van der Waals surface area (Å²) in [5.41, 5.74) is 2.21. The normalized spacial score (nSPS) is 33.8. The van der Waals surface area contributed by atoms with Gasteiger partial charge >= 0.3 is 0 Å². The van der Waals surface area contributed by atoms with Crippen LogP contribution in [0.4, 0.5) is 0 Å². The zero-order valence-electron chi connectivity index (χ0n) is 11.3. The maximum absolute atomic E-state index is 3.79. The summed E-state index contributed by atoms with van der Waals surface area (Å²) in [6.45, 7) is 3.32. The third-order valence-electron chi connectivity index (χ3n) is 5.09. The lowest BCUT2D eigenvalue weighted by molar-refractivity contribution is 0.145. The number of nitrogens with one attached hydrogen (secondary N) is 1. The van der Waals surface area contributed by atoms with E-state index in [9.17, 15) is 0 Å². The summed E-state index contributed by atoms with van der Waals surface area (Å²) in [7, 11) is 0. The molecule has 1 aromatic rings. The largest absolute Gasteiger partial charge is 0.304 e. The summed E-state index contributed by atoms with van der Waals surface area (Å²) < 4.78 is 0. The predicted octanol–water partition coefficient (Wildman–Crippen LogP) is 4.06. The van der Waals surface area contributed by atoms with Crippen molar-refractivity contribution in [1.29, 1.82) is 0 Å². The van der Waals surface area contributed by atoms with Crippen LogP contribution in [0, 0.1) is 5.41 Å². The zero-order chi connectivity index (χ0) is 12.5. The Bertz CT molecular complexity index is 424. The molecular formula is C17H23N. The second-order valence-corrected chi connectivity index (χ2v) is 6.04. The van der Waals surface area contributed by atoms with Gasteiger partial charge in [-0.1, -0.05) is 49.4 Å². The van der Waals surface area contributed by atoms with Crippen LogP contribution >= 0.6 is 0 Å². The molecule has 3 aliphatic carbocycles. The molecule has 3 aliphatic rings. The summed E-state index contributed by atoms with van der Waals surface area (Å²) in [5, 5.41) is 3.79. The fraction of sp³-hybridized carbons (Fsp3) is 0.529. The molecule has 1 heteroatoms. The standard InChI is InChI=1S/C17H23N/c1-2-16-8-11-17(12-9-16,13-10-16)18-14-15-6-4-3-5-7-15/h3-8,11,18H,2,9-10,12-14H2,1H3. The highest BCUT2D eigenvalue weighted by Gasteiger charge is 2.43. The van der Waals surface area contributed by atoms with Crippen LogP contribution in [0.3, 0.4) is 0 Å². The zero-order valence-corrected chi connectivity index (χ0v) is 11.3. The first kappa shape index (κ1) is 12.0. The monoisotopic (exact) mass is 241 g/mol. The molecule has 1 saturated carbocycles. The molecular weight excluding hydrogens is 218 g/mol. The molecule has 0 radical (unpaired) electrons. The molecule has 0 atom stereocenters. The predicted molar refractivity (Wildman–Crippen MR) is 76.3 cm³/mol. The van der Waals surface area contributed by atoms with Crippen molar-refractivity contribution in [2.75, 3.05) is 0 Å². The van der Waals surface area contributed by atoms with E-state index in [0.717, 1.165) is 6.54 Å². The topological polar surface area (TPSA) is 12.0 Å². The van der Waals surface area contributed by atoms with Crippen molar-refractivity contribution in [2.24, 2.45) is 5.41 Å². The van der Waals surface area contributed by atoms with Gasteiger partial charge in [-0.2, -0.15) is 0 Å². The van der Waals surface area contributed by atoms with E-state index >= 15 is 0 Å². The van der Waals surface area contributed by atoms with Crippen molar-refractivity contribution in [2.45, 2.75) is 51.1 Å². The van der Waals surface area contributed by atoms with Gasteiger partial charge in [-0.15, -0.1) is 0 Å². The van der Waals surface area contributed by atoms with Gasteiger partial charge in [0.25, 0.3) is 0 Å². The van der Waals surface area contributed by atoms with Gasteiger partial charge in [0.1, 0.15) is 0 Å². The molecule has 1 aromatic carbocycles. The van der Waals surface area contributed by atoms with E-state index in [1.807, 2.05) is 0 Å². The lowest BCUT2D eigenvalue weighted by Crippen LogP contribution is -2.51. The van der Waals surface area contributed by atoms with E-state index in [1.54, 1.807) is 0 Å². The van der Waals surface area contributed by atoms with Crippen LogP contribution in [0.25, 0.3) is 0 Å². The number of allylic oxidation sites excluding steroid dienone is 1. The Morgan fingerprint density at radius 2 is 1.72 bits per heavy atom. The molecule has 0 amide bonds. The molecule has 2 bridgehead atoms. The first-order valence-electron chi connectivity index (χ1n) is 7.25. The number of hydrogen-bond donors (Lipinski definition) is 1. The Kier molecular flexibility index (Phi) is 3.03. The van der Waals surface area contributed by atoms with Gasteiger partial charge in [0.15, 0.2) is 0 Å². The Hall–Kier alpha value is -1.08. The van der Waals surface area contributed by atoms with Gasteiger partial charge < -0.3 is 5.32 Å². The van der Waals surface area contributed by atoms with Crippen LogP contribution in [0.2, 0.25) is 0 Å². The van der Waals surface area contributed by atoms with E-state index in [4.69, 9.17) is 0 Å². The number of hydrogen-bond acceptors (Lipinski definition) is 1. The van der Waals surface area contributed by atoms with E-state index in [0.29, 0.717) is 5.41 Å². The van der Waals surface area contributed by atoms with Crippen molar-refractivity contribution >= 4 is 0 Å². The Balaban J connectivity index is 1.68. The third kappa shape index (κ3) is 2.12. The van der Waals surface area contributed by atoms with E-state index in [1.165, 1.54) is 37.7 Å². The number of fused-ring (bicyclic) bond motifs is 2. The van der Waals surface area contributed by atoms with Gasteiger partial charge in [-0.25, -0.2) is 0 Å². The van der Waals surface area contributed by atoms with Crippen molar-refractivity contribution in [3.8, 4) is 0 Å². The lowest BCUT2D eigenvalue weighted by atomic mass is 9.61. The fourth-order valence-electron chi connectivity index (χ4n) is 3.44. The van der Waals surface area contributed by atoms with E-state index in [2.05, 4.69) is 54.7 Å². The fourth-order valence-corrected chi connectivity index (χ4v) is 3.44. The van der Waals surface area contributed by atoms with Crippen LogP contribution in [0.15, 0.2) is 42.5 Å². The van der Waals surface area contributed by atoms with Gasteiger partial charge in [0.05, 0.1) is 0 Å². The lowest BCUT2D eigenvalue weighted by Gasteiger charge is -2.49. The first-order valence-corrected chi connectivity index (χ1v) is 7.25. The molecule has 18 heavy (non-hydrogen) atoms. The van der Waals surface area contributed by atoms with E-state index in [-0.39, 0.29) is 5.54 Å². The van der Waals surface area contributed by atoms with Crippen LogP contribution in [-0.4, -0.2) is 5.54 Å². The van der Waals surface area contributed by atoms with Gasteiger partial charge in [0.2, 0.25) is 0 Å². The summed E-state index contributed by atoms with van der Waals surface area (Å²) in [6, 6.07) is 10.7. The second-order valence-electron chi connectivity index (χ2n) is 6.04. The average molecular weight is 241 g/mol. The van der Waals surface area contributed by atoms with Gasteiger partial charge in [-0.05, 0) is 43.1 Å². The maximum atomic E-state index is 3.79. The van der Waals surface area contributed by atoms with E-state index < -0.39 is 0 Å². The molecule has 0 unspecified atom stereocenters. The molecule has 0 heterocycles. The Morgan fingerprint density at radius 3 is 2.28 bits per heavy atom. The molecule has 1 nitrogen and oxygen atoms in total. The average Bonchev–Trinajstić information content (AvgIpc) is 2.48. The summed E-state index contributed by atoms with van der Waals surface area (Å²) >= 11 is 0. The summed E-state index contributed by atoms with van der Waals surface area (Å²) in [4.78, 5) is 0. The Labute approximate surface area is 110 Å². The highest BCUT2D eigenvalue weighted by molar-refractivity contribution is 5.23. The minimum atomic E-state index is 0.284. The molecule has 0 aliphatic heterocycles. The molecule has 96 valence electrons. The molecule has 0 aromatic heterocycles. The molecule has 0 spiro atoms. The van der Waals surface area contributed by atoms with Crippen LogP contribution < -0.4 is 5.32 Å². The second kappa shape index (κ2) is 4.55. The number of benzene rings is 1. The maximum Gasteiger partial charge on any atom is 0.0367 e. The quantitative estimate of drug-likeness (QED) is 0.784. The highest BCUT2D eigenvalue weighted by Crippen LogP contribution is 2.49. The summed E-state index contributed by atoms with van der Waals surface area (Å²) in [5.74, 6) is 0. The van der Waals surface area contributed by atoms with Gasteiger partial charge in [-0.3, -0.25) is 0 Å². The number of rotatable bonds is 4. The smallest absolute Gasteiger partial charge is 0.0367 e. The highest BCUT2D eigenvalue weighted by atomic mass is 15.0. The van der Waals surface area contributed by atoms with Gasteiger partial charge in [0, 0.05) is 12.1 Å². The molecule has 0 saturated heterocycles. The van der Waals surface area contributed by atoms with Crippen molar-refractivity contribution in [3.05, 3.63) is 48.0 Å². The van der Waals surface area contributed by atoms with Crippen molar-refractivity contribution in [3.63, 3.8) is 0 Å². The first-order chi connectivity index (χ1) is 8.76.